The Morgan fingerprint density at radius 3 is 3.06 bits per heavy atom. The monoisotopic (exact) mass is 247 g/mol. The number of rotatable bonds is 4. The highest BCUT2D eigenvalue weighted by Gasteiger charge is 2.14. The number of hydrogen-bond donors (Lipinski definition) is 3. The molecule has 0 bridgehead atoms. The molecule has 5 heteroatoms. The van der Waals surface area contributed by atoms with Crippen LogP contribution in [0.2, 0.25) is 0 Å². The fraction of sp³-hybridized carbons (Fsp3) is 0.385. The molecule has 0 saturated carbocycles. The third kappa shape index (κ3) is 2.51. The fourth-order valence-electron chi connectivity index (χ4n) is 1.72. The summed E-state index contributed by atoms with van der Waals surface area (Å²) in [6.07, 6.45) is 0. The van der Waals surface area contributed by atoms with E-state index in [2.05, 4.69) is 15.5 Å². The van der Waals surface area contributed by atoms with E-state index in [4.69, 9.17) is 5.11 Å². The number of aromatic nitrogens is 2. The van der Waals surface area contributed by atoms with Crippen molar-refractivity contribution in [1.29, 1.82) is 0 Å². The van der Waals surface area contributed by atoms with Crippen LogP contribution in [-0.2, 0) is 0 Å². The minimum absolute atomic E-state index is 0.0425. The summed E-state index contributed by atoms with van der Waals surface area (Å²) in [6, 6.07) is 5.81. The van der Waals surface area contributed by atoms with Crippen LogP contribution in [-0.4, -0.2) is 34.4 Å². The molecule has 1 atom stereocenters. The van der Waals surface area contributed by atoms with Crippen molar-refractivity contribution in [2.45, 2.75) is 13.8 Å². The molecule has 0 radical (unpaired) electrons. The van der Waals surface area contributed by atoms with Crippen molar-refractivity contribution in [3.05, 3.63) is 29.5 Å². The first kappa shape index (κ1) is 12.6. The van der Waals surface area contributed by atoms with Crippen molar-refractivity contribution in [3.63, 3.8) is 0 Å². The summed E-state index contributed by atoms with van der Waals surface area (Å²) in [4.78, 5) is 12.0. The van der Waals surface area contributed by atoms with E-state index in [9.17, 15) is 4.79 Å². The molecule has 1 amide bonds. The molecule has 1 aromatic carbocycles. The van der Waals surface area contributed by atoms with Gasteiger partial charge < -0.3 is 10.4 Å². The number of carbonyl (C=O) groups is 1. The molecule has 0 aliphatic rings. The van der Waals surface area contributed by atoms with E-state index < -0.39 is 0 Å². The Kier molecular flexibility index (Phi) is 3.62. The van der Waals surface area contributed by atoms with Gasteiger partial charge in [-0.1, -0.05) is 18.6 Å². The van der Waals surface area contributed by atoms with Crippen molar-refractivity contribution in [2.24, 2.45) is 5.92 Å². The maximum Gasteiger partial charge on any atom is 0.272 e. The quantitative estimate of drug-likeness (QED) is 0.760. The number of nitrogens with zero attached hydrogens (tertiary/aromatic N) is 1. The Morgan fingerprint density at radius 1 is 1.56 bits per heavy atom. The highest BCUT2D eigenvalue weighted by atomic mass is 16.3. The zero-order valence-electron chi connectivity index (χ0n) is 10.5. The molecular formula is C13H17N3O2. The minimum Gasteiger partial charge on any atom is -0.396 e. The summed E-state index contributed by atoms with van der Waals surface area (Å²) in [5.74, 6) is -0.173. The number of fused-ring (bicyclic) bond motifs is 1. The maximum absolute atomic E-state index is 12.0. The van der Waals surface area contributed by atoms with Crippen LogP contribution in [0.1, 0.15) is 23.0 Å². The van der Waals surface area contributed by atoms with Crippen molar-refractivity contribution < 1.29 is 9.90 Å². The van der Waals surface area contributed by atoms with Crippen LogP contribution in [0, 0.1) is 12.8 Å². The van der Waals surface area contributed by atoms with Crippen LogP contribution in [0.3, 0.4) is 0 Å². The Hall–Kier alpha value is -1.88. The molecular weight excluding hydrogens is 230 g/mol. The van der Waals surface area contributed by atoms with Crippen LogP contribution < -0.4 is 5.32 Å². The molecule has 5 nitrogen and oxygen atoms in total. The van der Waals surface area contributed by atoms with E-state index in [1.807, 2.05) is 32.0 Å². The molecule has 1 aromatic heterocycles. The van der Waals surface area contributed by atoms with Crippen molar-refractivity contribution >= 4 is 16.8 Å². The van der Waals surface area contributed by atoms with Crippen LogP contribution in [0.4, 0.5) is 0 Å². The highest BCUT2D eigenvalue weighted by molar-refractivity contribution is 6.04. The van der Waals surface area contributed by atoms with Crippen molar-refractivity contribution in [3.8, 4) is 0 Å². The van der Waals surface area contributed by atoms with E-state index in [1.54, 1.807) is 0 Å². The van der Waals surface area contributed by atoms with Gasteiger partial charge in [-0.3, -0.25) is 9.89 Å². The fourth-order valence-corrected chi connectivity index (χ4v) is 1.72. The zero-order chi connectivity index (χ0) is 13.1. The number of amides is 1. The van der Waals surface area contributed by atoms with E-state index in [0.29, 0.717) is 12.2 Å². The summed E-state index contributed by atoms with van der Waals surface area (Å²) in [5.41, 5.74) is 2.33. The van der Waals surface area contributed by atoms with Gasteiger partial charge in [0.2, 0.25) is 0 Å². The summed E-state index contributed by atoms with van der Waals surface area (Å²) >= 11 is 0. The molecule has 0 aliphatic carbocycles. The average molecular weight is 247 g/mol. The lowest BCUT2D eigenvalue weighted by molar-refractivity contribution is 0.0939. The lowest BCUT2D eigenvalue weighted by Gasteiger charge is -2.08. The minimum atomic E-state index is -0.216. The second kappa shape index (κ2) is 5.18. The smallest absolute Gasteiger partial charge is 0.272 e. The molecule has 2 aromatic rings. The molecule has 0 spiro atoms. The number of H-pyrrole nitrogens is 1. The zero-order valence-corrected chi connectivity index (χ0v) is 10.5. The first-order valence-electron chi connectivity index (χ1n) is 5.95. The predicted octanol–water partition coefficient (Wildman–Crippen LogP) is 1.23. The number of aliphatic hydroxyl groups excluding tert-OH is 1. The van der Waals surface area contributed by atoms with Gasteiger partial charge in [-0.2, -0.15) is 5.10 Å². The van der Waals surface area contributed by atoms with Gasteiger partial charge in [-0.25, -0.2) is 0 Å². The highest BCUT2D eigenvalue weighted by Crippen LogP contribution is 2.17. The first-order chi connectivity index (χ1) is 8.61. The van der Waals surface area contributed by atoms with Gasteiger partial charge >= 0.3 is 0 Å². The van der Waals surface area contributed by atoms with Crippen LogP contribution in [0.25, 0.3) is 10.9 Å². The molecule has 0 fully saturated rings. The number of carbonyl (C=O) groups excluding carboxylic acids is 1. The summed E-state index contributed by atoms with van der Waals surface area (Å²) < 4.78 is 0. The van der Waals surface area contributed by atoms with Crippen LogP contribution in [0.15, 0.2) is 18.2 Å². The lowest BCUT2D eigenvalue weighted by atomic mass is 10.1. The van der Waals surface area contributed by atoms with Crippen LogP contribution >= 0.6 is 0 Å². The van der Waals surface area contributed by atoms with Gasteiger partial charge in [0, 0.05) is 18.5 Å². The molecule has 1 heterocycles. The molecule has 3 N–H and O–H groups in total. The topological polar surface area (TPSA) is 78.0 Å². The van der Waals surface area contributed by atoms with E-state index in [1.165, 1.54) is 0 Å². The number of nitrogens with one attached hydrogen (secondary N) is 2. The maximum atomic E-state index is 12.0. The van der Waals surface area contributed by atoms with Gasteiger partial charge in [-0.05, 0) is 25.0 Å². The van der Waals surface area contributed by atoms with Gasteiger partial charge in [0.1, 0.15) is 0 Å². The van der Waals surface area contributed by atoms with Crippen LogP contribution in [0.5, 0.6) is 0 Å². The Bertz CT molecular complexity index is 562. The van der Waals surface area contributed by atoms with E-state index in [0.717, 1.165) is 16.5 Å². The molecule has 0 aliphatic heterocycles. The Morgan fingerprint density at radius 2 is 2.33 bits per heavy atom. The standard InChI is InChI=1S/C13H17N3O2/c1-8-3-4-11-10(5-8)12(16-15-11)13(18)14-6-9(2)7-17/h3-5,9,17H,6-7H2,1-2H3,(H,14,18)(H,15,16). The third-order valence-electron chi connectivity index (χ3n) is 2.86. The molecule has 2 rings (SSSR count). The van der Waals surface area contributed by atoms with Crippen molar-refractivity contribution in [1.82, 2.24) is 15.5 Å². The third-order valence-corrected chi connectivity index (χ3v) is 2.86. The molecule has 18 heavy (non-hydrogen) atoms. The summed E-state index contributed by atoms with van der Waals surface area (Å²) in [7, 11) is 0. The lowest BCUT2D eigenvalue weighted by Crippen LogP contribution is -2.29. The SMILES string of the molecule is Cc1ccc2[nH]nc(C(=O)NCC(C)CO)c2c1. The summed E-state index contributed by atoms with van der Waals surface area (Å²) in [6.45, 7) is 4.34. The van der Waals surface area contributed by atoms with Gasteiger partial charge in [0.15, 0.2) is 5.69 Å². The van der Waals surface area contributed by atoms with Gasteiger partial charge in [0.05, 0.1) is 5.52 Å². The average Bonchev–Trinajstić information content (AvgIpc) is 2.78. The Labute approximate surface area is 105 Å². The number of benzene rings is 1. The first-order valence-corrected chi connectivity index (χ1v) is 5.95. The van der Waals surface area contributed by atoms with E-state index >= 15 is 0 Å². The molecule has 96 valence electrons. The number of hydrogen-bond acceptors (Lipinski definition) is 3. The number of aromatic amines is 1. The number of aliphatic hydroxyl groups is 1. The second-order valence-electron chi connectivity index (χ2n) is 4.62. The predicted molar refractivity (Wildman–Crippen MR) is 69.4 cm³/mol. The largest absolute Gasteiger partial charge is 0.396 e. The Balaban J connectivity index is 2.20. The molecule has 1 unspecified atom stereocenters. The normalized spacial score (nSPS) is 12.6. The summed E-state index contributed by atoms with van der Waals surface area (Å²) in [5, 5.41) is 19.4. The number of aryl methyl sites for hydroxylation is 1. The molecule has 0 saturated heterocycles. The van der Waals surface area contributed by atoms with E-state index in [-0.39, 0.29) is 18.4 Å². The van der Waals surface area contributed by atoms with Gasteiger partial charge in [-0.15, -0.1) is 0 Å². The van der Waals surface area contributed by atoms with Gasteiger partial charge in [0.25, 0.3) is 5.91 Å². The van der Waals surface area contributed by atoms with Crippen molar-refractivity contribution in [2.75, 3.05) is 13.2 Å². The second-order valence-corrected chi connectivity index (χ2v) is 4.62.